The van der Waals surface area contributed by atoms with E-state index in [1.807, 2.05) is 36.4 Å². The minimum Gasteiger partial charge on any atom is -0.478 e. The summed E-state index contributed by atoms with van der Waals surface area (Å²) in [6.07, 6.45) is 7.95. The van der Waals surface area contributed by atoms with Crippen LogP contribution >= 0.6 is 0 Å². The van der Waals surface area contributed by atoms with Gasteiger partial charge in [0, 0.05) is 5.57 Å². The second-order valence-corrected chi connectivity index (χ2v) is 3.87. The molecule has 1 aromatic rings. The predicted octanol–water partition coefficient (Wildman–Crippen LogP) is 3.90. The van der Waals surface area contributed by atoms with Crippen molar-refractivity contribution in [2.75, 3.05) is 0 Å². The number of unbranched alkanes of at least 4 members (excludes halogenated alkanes) is 1. The van der Waals surface area contributed by atoms with Crippen molar-refractivity contribution in [3.05, 3.63) is 53.6 Å². The molecule has 0 aliphatic heterocycles. The summed E-state index contributed by atoms with van der Waals surface area (Å²) in [7, 11) is 0. The summed E-state index contributed by atoms with van der Waals surface area (Å²) in [4.78, 5) is 10.9. The molecule has 0 saturated heterocycles. The van der Waals surface area contributed by atoms with Crippen LogP contribution in [-0.4, -0.2) is 11.1 Å². The molecule has 0 saturated carbocycles. The van der Waals surface area contributed by atoms with Crippen molar-refractivity contribution in [2.24, 2.45) is 0 Å². The highest BCUT2D eigenvalue weighted by Gasteiger charge is 2.04. The molecule has 2 nitrogen and oxygen atoms in total. The van der Waals surface area contributed by atoms with E-state index in [0.29, 0.717) is 12.0 Å². The summed E-state index contributed by atoms with van der Waals surface area (Å²) in [6, 6.07) is 9.84. The normalized spacial score (nSPS) is 11.9. The molecule has 0 atom stereocenters. The molecule has 1 N–H and O–H groups in total. The molecule has 0 fully saturated rings. The molecule has 0 aliphatic carbocycles. The smallest absolute Gasteiger partial charge is 0.331 e. The third kappa shape index (κ3) is 5.16. The van der Waals surface area contributed by atoms with Crippen LogP contribution in [0, 0.1) is 0 Å². The van der Waals surface area contributed by atoms with Crippen LogP contribution in [0.4, 0.5) is 0 Å². The minimum absolute atomic E-state index is 0.471. The van der Waals surface area contributed by atoms with Gasteiger partial charge in [-0.1, -0.05) is 61.9 Å². The fourth-order valence-electron chi connectivity index (χ4n) is 1.47. The van der Waals surface area contributed by atoms with Crippen molar-refractivity contribution in [3.63, 3.8) is 0 Å². The fraction of sp³-hybridized carbons (Fsp3) is 0.267. The number of benzene rings is 1. The zero-order valence-corrected chi connectivity index (χ0v) is 10.1. The molecule has 0 heterocycles. The van der Waals surface area contributed by atoms with E-state index in [9.17, 15) is 4.79 Å². The molecule has 1 rings (SSSR count). The average Bonchev–Trinajstić information content (AvgIpc) is 2.34. The van der Waals surface area contributed by atoms with E-state index in [4.69, 9.17) is 5.11 Å². The number of carboxylic acid groups (broad SMARTS) is 1. The number of aliphatic carboxylic acids is 1. The van der Waals surface area contributed by atoms with E-state index in [1.165, 1.54) is 0 Å². The lowest BCUT2D eigenvalue weighted by Gasteiger charge is -1.98. The van der Waals surface area contributed by atoms with Crippen molar-refractivity contribution in [3.8, 4) is 0 Å². The minimum atomic E-state index is -0.823. The molecular weight excluding hydrogens is 212 g/mol. The molecule has 0 unspecified atom stereocenters. The standard InChI is InChI=1S/C15H18O2/c1-2-3-11-14(15(16)17)12-7-10-13-8-5-4-6-9-13/h4-10,12H,2-3,11H2,1H3,(H,16,17). The van der Waals surface area contributed by atoms with Crippen LogP contribution in [0.15, 0.2) is 48.1 Å². The van der Waals surface area contributed by atoms with Gasteiger partial charge in [0.05, 0.1) is 0 Å². The topological polar surface area (TPSA) is 37.3 Å². The lowest BCUT2D eigenvalue weighted by atomic mass is 10.1. The van der Waals surface area contributed by atoms with Crippen molar-refractivity contribution < 1.29 is 9.90 Å². The molecule has 0 spiro atoms. The first kappa shape index (κ1) is 13.2. The Labute approximate surface area is 102 Å². The monoisotopic (exact) mass is 230 g/mol. The maximum absolute atomic E-state index is 10.9. The van der Waals surface area contributed by atoms with Gasteiger partial charge < -0.3 is 5.11 Å². The van der Waals surface area contributed by atoms with Gasteiger partial charge >= 0.3 is 5.97 Å². The summed E-state index contributed by atoms with van der Waals surface area (Å²) in [5.74, 6) is -0.823. The maximum Gasteiger partial charge on any atom is 0.331 e. The molecule has 0 aromatic heterocycles. The van der Waals surface area contributed by atoms with Gasteiger partial charge in [0.15, 0.2) is 0 Å². The zero-order valence-electron chi connectivity index (χ0n) is 10.1. The van der Waals surface area contributed by atoms with Crippen molar-refractivity contribution in [1.29, 1.82) is 0 Å². The first-order valence-electron chi connectivity index (χ1n) is 5.89. The van der Waals surface area contributed by atoms with E-state index < -0.39 is 5.97 Å². The summed E-state index contributed by atoms with van der Waals surface area (Å²) in [6.45, 7) is 2.05. The lowest BCUT2D eigenvalue weighted by Crippen LogP contribution is -1.99. The molecule has 0 bridgehead atoms. The molecule has 2 heteroatoms. The number of hydrogen-bond acceptors (Lipinski definition) is 1. The number of hydrogen-bond donors (Lipinski definition) is 1. The van der Waals surface area contributed by atoms with Crippen LogP contribution in [0.1, 0.15) is 31.7 Å². The Morgan fingerprint density at radius 3 is 2.59 bits per heavy atom. The summed E-state index contributed by atoms with van der Waals surface area (Å²) >= 11 is 0. The summed E-state index contributed by atoms with van der Waals surface area (Å²) in [5.41, 5.74) is 1.54. The summed E-state index contributed by atoms with van der Waals surface area (Å²) in [5, 5.41) is 8.99. The Balaban J connectivity index is 2.66. The number of rotatable bonds is 6. The van der Waals surface area contributed by atoms with Gasteiger partial charge in [-0.25, -0.2) is 4.79 Å². The summed E-state index contributed by atoms with van der Waals surface area (Å²) < 4.78 is 0. The molecule has 0 aliphatic rings. The SMILES string of the molecule is CCCCC(=CC=Cc1ccccc1)C(=O)O. The third-order valence-electron chi connectivity index (χ3n) is 2.46. The van der Waals surface area contributed by atoms with Crippen LogP contribution in [0.3, 0.4) is 0 Å². The van der Waals surface area contributed by atoms with Gasteiger partial charge in [-0.2, -0.15) is 0 Å². The molecule has 1 aromatic carbocycles. The van der Waals surface area contributed by atoms with Gasteiger partial charge in [0.25, 0.3) is 0 Å². The highest BCUT2D eigenvalue weighted by atomic mass is 16.4. The van der Waals surface area contributed by atoms with Crippen molar-refractivity contribution >= 4 is 12.0 Å². The van der Waals surface area contributed by atoms with Crippen LogP contribution < -0.4 is 0 Å². The van der Waals surface area contributed by atoms with Gasteiger partial charge in [-0.05, 0) is 18.4 Å². The van der Waals surface area contributed by atoms with Crippen LogP contribution in [0.2, 0.25) is 0 Å². The Bertz CT molecular complexity index is 402. The van der Waals surface area contributed by atoms with Gasteiger partial charge in [-0.15, -0.1) is 0 Å². The first-order valence-corrected chi connectivity index (χ1v) is 5.89. The molecule has 90 valence electrons. The van der Waals surface area contributed by atoms with Crippen LogP contribution in [0.5, 0.6) is 0 Å². The van der Waals surface area contributed by atoms with Gasteiger partial charge in [-0.3, -0.25) is 0 Å². The third-order valence-corrected chi connectivity index (χ3v) is 2.46. The van der Waals surface area contributed by atoms with E-state index >= 15 is 0 Å². The molecule has 0 radical (unpaired) electrons. The quantitative estimate of drug-likeness (QED) is 0.594. The first-order chi connectivity index (χ1) is 8.24. The Morgan fingerprint density at radius 2 is 2.00 bits per heavy atom. The Hall–Kier alpha value is -1.83. The van der Waals surface area contributed by atoms with Gasteiger partial charge in [0.1, 0.15) is 0 Å². The van der Waals surface area contributed by atoms with Crippen molar-refractivity contribution in [2.45, 2.75) is 26.2 Å². The number of allylic oxidation sites excluding steroid dienone is 2. The molecule has 0 amide bonds. The van der Waals surface area contributed by atoms with E-state index in [-0.39, 0.29) is 0 Å². The largest absolute Gasteiger partial charge is 0.478 e. The maximum atomic E-state index is 10.9. The molecular formula is C15H18O2. The predicted molar refractivity (Wildman–Crippen MR) is 70.7 cm³/mol. The van der Waals surface area contributed by atoms with Crippen LogP contribution in [0.25, 0.3) is 6.08 Å². The fourth-order valence-corrected chi connectivity index (χ4v) is 1.47. The Morgan fingerprint density at radius 1 is 1.29 bits per heavy atom. The highest BCUT2D eigenvalue weighted by Crippen LogP contribution is 2.09. The highest BCUT2D eigenvalue weighted by molar-refractivity contribution is 5.87. The number of carboxylic acids is 1. The molecule has 17 heavy (non-hydrogen) atoms. The lowest BCUT2D eigenvalue weighted by molar-refractivity contribution is -0.132. The van der Waals surface area contributed by atoms with Crippen molar-refractivity contribution in [1.82, 2.24) is 0 Å². The second kappa shape index (κ2) is 7.44. The average molecular weight is 230 g/mol. The van der Waals surface area contributed by atoms with E-state index in [2.05, 4.69) is 6.92 Å². The van der Waals surface area contributed by atoms with E-state index in [1.54, 1.807) is 12.2 Å². The second-order valence-electron chi connectivity index (χ2n) is 3.87. The number of carbonyl (C=O) groups is 1. The van der Waals surface area contributed by atoms with Gasteiger partial charge in [0.2, 0.25) is 0 Å². The van der Waals surface area contributed by atoms with E-state index in [0.717, 1.165) is 18.4 Å². The zero-order chi connectivity index (χ0) is 12.5. The Kier molecular flexibility index (Phi) is 5.80. The van der Waals surface area contributed by atoms with Crippen LogP contribution in [-0.2, 0) is 4.79 Å².